The van der Waals surface area contributed by atoms with E-state index in [0.29, 0.717) is 21.8 Å². The van der Waals surface area contributed by atoms with Crippen LogP contribution in [0.3, 0.4) is 0 Å². The number of carbonyl (C=O) groups is 1. The molecule has 1 aliphatic rings. The number of aromatic nitrogens is 1. The van der Waals surface area contributed by atoms with Crippen molar-refractivity contribution in [2.45, 2.75) is 40.2 Å². The van der Waals surface area contributed by atoms with Crippen LogP contribution in [0.5, 0.6) is 0 Å². The summed E-state index contributed by atoms with van der Waals surface area (Å²) in [6.07, 6.45) is 0.593. The number of anilines is 1. The predicted molar refractivity (Wildman–Crippen MR) is 108 cm³/mol. The second kappa shape index (κ2) is 7.52. The van der Waals surface area contributed by atoms with Crippen LogP contribution in [0.4, 0.5) is 5.69 Å². The van der Waals surface area contributed by atoms with Crippen molar-refractivity contribution in [1.29, 1.82) is 5.41 Å². The lowest BCUT2D eigenvalue weighted by atomic mass is 10.2. The molecular weight excluding hydrogens is 362 g/mol. The minimum absolute atomic E-state index is 0.112. The van der Waals surface area contributed by atoms with E-state index in [0.717, 1.165) is 17.0 Å². The van der Waals surface area contributed by atoms with Crippen molar-refractivity contribution in [2.75, 3.05) is 11.4 Å². The fraction of sp³-hybridized carbons (Fsp3) is 0.350. The van der Waals surface area contributed by atoms with E-state index in [9.17, 15) is 9.90 Å². The molecule has 0 bridgehead atoms. The molecule has 3 rings (SSSR count). The summed E-state index contributed by atoms with van der Waals surface area (Å²) in [6, 6.07) is 6.94. The van der Waals surface area contributed by atoms with Gasteiger partial charge in [-0.2, -0.15) is 0 Å². The van der Waals surface area contributed by atoms with Crippen LogP contribution in [0, 0.1) is 19.3 Å². The van der Waals surface area contributed by atoms with Crippen LogP contribution in [0.1, 0.15) is 46.2 Å². The highest BCUT2D eigenvalue weighted by atomic mass is 32.1. The van der Waals surface area contributed by atoms with Crippen molar-refractivity contribution in [2.24, 2.45) is 0 Å². The van der Waals surface area contributed by atoms with Crippen LogP contribution in [-0.4, -0.2) is 34.5 Å². The smallest absolute Gasteiger partial charge is 0.338 e. The maximum atomic E-state index is 12.3. The largest absolute Gasteiger partial charge is 0.510 e. The van der Waals surface area contributed by atoms with E-state index in [2.05, 4.69) is 4.98 Å². The summed E-state index contributed by atoms with van der Waals surface area (Å²) in [7, 11) is 0. The summed E-state index contributed by atoms with van der Waals surface area (Å²) in [4.78, 5) is 19.5. The first-order valence-electron chi connectivity index (χ1n) is 8.85. The molecule has 7 heteroatoms. The van der Waals surface area contributed by atoms with Gasteiger partial charge in [-0.25, -0.2) is 9.78 Å². The van der Waals surface area contributed by atoms with Gasteiger partial charge in [-0.15, -0.1) is 11.3 Å². The maximum Gasteiger partial charge on any atom is 0.338 e. The lowest BCUT2D eigenvalue weighted by Crippen LogP contribution is -2.26. The molecule has 2 N–H and O–H groups in total. The van der Waals surface area contributed by atoms with Gasteiger partial charge >= 0.3 is 5.97 Å². The Morgan fingerprint density at radius 2 is 2.19 bits per heavy atom. The summed E-state index contributed by atoms with van der Waals surface area (Å²) >= 11 is 1.46. The zero-order valence-corrected chi connectivity index (χ0v) is 16.7. The molecule has 2 aromatic rings. The fourth-order valence-corrected chi connectivity index (χ4v) is 3.72. The van der Waals surface area contributed by atoms with E-state index in [4.69, 9.17) is 10.1 Å². The molecule has 1 aliphatic heterocycles. The molecule has 1 aromatic carbocycles. The molecule has 6 nitrogen and oxygen atoms in total. The summed E-state index contributed by atoms with van der Waals surface area (Å²) in [5.41, 5.74) is 2.43. The van der Waals surface area contributed by atoms with E-state index in [-0.39, 0.29) is 30.2 Å². The Kier molecular flexibility index (Phi) is 5.32. The highest BCUT2D eigenvalue weighted by Crippen LogP contribution is 2.34. The van der Waals surface area contributed by atoms with Crippen molar-refractivity contribution in [3.63, 3.8) is 0 Å². The number of hydrogen-bond donors (Lipinski definition) is 2. The first-order valence-corrected chi connectivity index (χ1v) is 9.67. The topological polar surface area (TPSA) is 86.5 Å². The molecule has 1 atom stereocenters. The van der Waals surface area contributed by atoms with Gasteiger partial charge in [0.1, 0.15) is 16.6 Å². The number of rotatable bonds is 5. The summed E-state index contributed by atoms with van der Waals surface area (Å²) in [5.74, 6) is -0.101. The third kappa shape index (κ3) is 3.73. The van der Waals surface area contributed by atoms with Crippen molar-refractivity contribution < 1.29 is 14.6 Å². The number of aliphatic hydroxyl groups excluding tert-OH is 1. The second-order valence-corrected chi connectivity index (χ2v) is 7.79. The normalized spacial score (nSPS) is 15.4. The molecule has 27 heavy (non-hydrogen) atoms. The van der Waals surface area contributed by atoms with Crippen molar-refractivity contribution in [3.05, 3.63) is 51.2 Å². The quantitative estimate of drug-likeness (QED) is 0.741. The summed E-state index contributed by atoms with van der Waals surface area (Å²) in [5, 5.41) is 19.6. The zero-order chi connectivity index (χ0) is 19.7. The van der Waals surface area contributed by atoms with E-state index in [1.54, 1.807) is 23.1 Å². The number of hydrogen-bond acceptors (Lipinski definition) is 6. The Bertz CT molecular complexity index is 913. The Balaban J connectivity index is 1.85. The Hall–Kier alpha value is -2.67. The number of nitrogens with one attached hydrogen (secondary N) is 1. The van der Waals surface area contributed by atoms with Gasteiger partial charge in [0.2, 0.25) is 0 Å². The molecule has 0 fully saturated rings. The highest BCUT2D eigenvalue weighted by Gasteiger charge is 2.31. The van der Waals surface area contributed by atoms with Gasteiger partial charge in [0.25, 0.3) is 0 Å². The molecule has 2 heterocycles. The molecule has 1 aromatic heterocycles. The van der Waals surface area contributed by atoms with Gasteiger partial charge < -0.3 is 14.7 Å². The molecule has 0 amide bonds. The number of esters is 1. The van der Waals surface area contributed by atoms with E-state index >= 15 is 0 Å². The van der Waals surface area contributed by atoms with E-state index in [1.807, 2.05) is 33.8 Å². The Labute approximate surface area is 162 Å². The average molecular weight is 385 g/mol. The van der Waals surface area contributed by atoms with Gasteiger partial charge in [-0.05, 0) is 45.4 Å². The van der Waals surface area contributed by atoms with Crippen LogP contribution < -0.4 is 4.90 Å². The lowest BCUT2D eigenvalue weighted by Gasteiger charge is -2.19. The minimum atomic E-state index is -0.388. The molecular formula is C20H23N3O3S. The SMILES string of the molecule is CCC(C)OC(=O)c1cccc(N2CC(O)=C(c3nc(C)c(C)s3)C2=N)c1. The number of aryl methyl sites for hydroxylation is 2. The lowest BCUT2D eigenvalue weighted by molar-refractivity contribution is 0.0334. The molecule has 0 radical (unpaired) electrons. The first kappa shape index (κ1) is 19.1. The van der Waals surface area contributed by atoms with Gasteiger partial charge in [0.15, 0.2) is 0 Å². The van der Waals surface area contributed by atoms with E-state index < -0.39 is 0 Å². The molecule has 142 valence electrons. The van der Waals surface area contributed by atoms with Crippen LogP contribution in [0.2, 0.25) is 0 Å². The molecule has 0 spiro atoms. The number of carbonyl (C=O) groups excluding carboxylic acids is 1. The predicted octanol–water partition coefficient (Wildman–Crippen LogP) is 4.48. The van der Waals surface area contributed by atoms with Gasteiger partial charge in [-0.3, -0.25) is 5.41 Å². The van der Waals surface area contributed by atoms with Gasteiger partial charge in [-0.1, -0.05) is 13.0 Å². The fourth-order valence-electron chi connectivity index (χ4n) is 2.74. The number of benzene rings is 1. The number of nitrogens with zero attached hydrogens (tertiary/aromatic N) is 2. The number of ether oxygens (including phenoxy) is 1. The Morgan fingerprint density at radius 1 is 1.44 bits per heavy atom. The van der Waals surface area contributed by atoms with Crippen LogP contribution >= 0.6 is 11.3 Å². The number of amidine groups is 1. The third-order valence-electron chi connectivity index (χ3n) is 4.62. The standard InChI is InChI=1S/C20H23N3O3S/c1-5-11(2)26-20(25)14-7-6-8-15(9-14)23-10-16(24)17(18(23)21)19-22-12(3)13(4)27-19/h6-9,11,21,24H,5,10H2,1-4H3. The van der Waals surface area contributed by atoms with Crippen molar-refractivity contribution >= 4 is 34.4 Å². The van der Waals surface area contributed by atoms with Crippen molar-refractivity contribution in [1.82, 2.24) is 4.98 Å². The molecule has 0 saturated carbocycles. The average Bonchev–Trinajstić information content (AvgIpc) is 3.13. The second-order valence-electron chi connectivity index (χ2n) is 6.59. The van der Waals surface area contributed by atoms with Crippen LogP contribution in [-0.2, 0) is 4.74 Å². The maximum absolute atomic E-state index is 12.3. The summed E-state index contributed by atoms with van der Waals surface area (Å²) in [6.45, 7) is 7.87. The third-order valence-corrected chi connectivity index (χ3v) is 5.71. The van der Waals surface area contributed by atoms with Crippen molar-refractivity contribution in [3.8, 4) is 0 Å². The summed E-state index contributed by atoms with van der Waals surface area (Å²) < 4.78 is 5.38. The van der Waals surface area contributed by atoms with Gasteiger partial charge in [0.05, 0.1) is 29.5 Å². The molecule has 0 aliphatic carbocycles. The van der Waals surface area contributed by atoms with Crippen LogP contribution in [0.25, 0.3) is 5.57 Å². The highest BCUT2D eigenvalue weighted by molar-refractivity contribution is 7.13. The monoisotopic (exact) mass is 385 g/mol. The molecule has 1 unspecified atom stereocenters. The van der Waals surface area contributed by atoms with E-state index in [1.165, 1.54) is 11.3 Å². The first-order chi connectivity index (χ1) is 12.8. The number of aliphatic hydroxyl groups is 1. The van der Waals surface area contributed by atoms with Crippen LogP contribution in [0.15, 0.2) is 30.0 Å². The number of thiazole rings is 1. The molecule has 0 saturated heterocycles. The Morgan fingerprint density at radius 3 is 2.81 bits per heavy atom. The minimum Gasteiger partial charge on any atom is -0.510 e. The van der Waals surface area contributed by atoms with Gasteiger partial charge in [0, 0.05) is 10.6 Å². The zero-order valence-electron chi connectivity index (χ0n) is 15.9.